The molecule has 3 heterocycles. The van der Waals surface area contributed by atoms with Gasteiger partial charge < -0.3 is 20.9 Å². The molecule has 2 saturated heterocycles. The molecule has 296 valence electrons. The predicted molar refractivity (Wildman–Crippen MR) is 221 cm³/mol. The Morgan fingerprint density at radius 3 is 1.49 bits per heavy atom. The molecule has 2 aliphatic rings. The summed E-state index contributed by atoms with van der Waals surface area (Å²) in [5, 5.41) is 11.7. The van der Waals surface area contributed by atoms with Crippen molar-refractivity contribution in [3.05, 3.63) is 5.82 Å². The average Bonchev–Trinajstić information content (AvgIpc) is 2.75. The summed E-state index contributed by atoms with van der Waals surface area (Å²) in [4.78, 5) is 21.3. The van der Waals surface area contributed by atoms with Crippen molar-refractivity contribution >= 4 is 11.9 Å². The maximum absolute atomic E-state index is 5.37. The summed E-state index contributed by atoms with van der Waals surface area (Å²) < 4.78 is 0. The molecule has 0 amide bonds. The lowest BCUT2D eigenvalue weighted by Gasteiger charge is -2.58. The summed E-state index contributed by atoms with van der Waals surface area (Å²) in [6.07, 6.45) is 6.23. The number of aromatic nitrogens is 3. The third kappa shape index (κ3) is 12.3. The topological polar surface area (TPSA) is 81.2 Å². The van der Waals surface area contributed by atoms with E-state index >= 15 is 0 Å². The van der Waals surface area contributed by atoms with Gasteiger partial charge in [0.05, 0.1) is 0 Å². The molecular weight excluding hydrogens is 629 g/mol. The van der Waals surface area contributed by atoms with Crippen LogP contribution in [0, 0.1) is 5.41 Å². The average molecular weight is 713 g/mol. The van der Waals surface area contributed by atoms with E-state index in [9.17, 15) is 0 Å². The lowest BCUT2D eigenvalue weighted by molar-refractivity contribution is -0.0593. The molecule has 8 nitrogen and oxygen atoms in total. The number of rotatable bonds is 10. The highest BCUT2D eigenvalue weighted by Crippen LogP contribution is 2.42. The fourth-order valence-electron chi connectivity index (χ4n) is 11.1. The van der Waals surface area contributed by atoms with E-state index in [1.165, 1.54) is 0 Å². The van der Waals surface area contributed by atoms with Gasteiger partial charge in [-0.1, -0.05) is 41.5 Å². The second-order valence-electron chi connectivity index (χ2n) is 24.0. The fourth-order valence-corrected chi connectivity index (χ4v) is 11.1. The van der Waals surface area contributed by atoms with Gasteiger partial charge in [0.1, 0.15) is 5.82 Å². The molecule has 1 aromatic heterocycles. The van der Waals surface area contributed by atoms with Gasteiger partial charge in [-0.3, -0.25) is 4.90 Å². The van der Waals surface area contributed by atoms with Crippen molar-refractivity contribution in [2.45, 2.75) is 253 Å². The third-order valence-corrected chi connectivity index (χ3v) is 10.7. The van der Waals surface area contributed by atoms with E-state index in [1.807, 2.05) is 0 Å². The second kappa shape index (κ2) is 14.0. The Hall–Kier alpha value is -1.51. The Morgan fingerprint density at radius 1 is 0.667 bits per heavy atom. The van der Waals surface area contributed by atoms with E-state index in [-0.39, 0.29) is 61.7 Å². The molecule has 1 unspecified atom stereocenters. The summed E-state index contributed by atoms with van der Waals surface area (Å²) in [6, 6.07) is 0.884. The summed E-state index contributed by atoms with van der Waals surface area (Å²) in [5.41, 5.74) is -0.300. The molecule has 51 heavy (non-hydrogen) atoms. The number of nitrogens with one attached hydrogen (secondary N) is 3. The van der Waals surface area contributed by atoms with Crippen LogP contribution in [-0.2, 0) is 5.41 Å². The summed E-state index contributed by atoms with van der Waals surface area (Å²) in [5.74, 6) is 2.32. The first-order valence-electron chi connectivity index (χ1n) is 20.1. The predicted octanol–water partition coefficient (Wildman–Crippen LogP) is 9.88. The van der Waals surface area contributed by atoms with E-state index in [2.05, 4.69) is 178 Å². The number of hydrogen-bond donors (Lipinski definition) is 3. The fraction of sp³-hybridized carbons (Fsp3) is 0.930. The van der Waals surface area contributed by atoms with Crippen LogP contribution in [0.2, 0.25) is 0 Å². The van der Waals surface area contributed by atoms with Crippen LogP contribution in [-0.4, -0.2) is 76.7 Å². The molecular formula is C43H84N8. The first-order valence-corrected chi connectivity index (χ1v) is 20.1. The van der Waals surface area contributed by atoms with Gasteiger partial charge in [0, 0.05) is 62.3 Å². The Morgan fingerprint density at radius 2 is 1.10 bits per heavy atom. The molecule has 0 spiro atoms. The SMILES string of the molecule is CC(CC(C)(C)N(C1CC(C)(C)NC(C)(C)C1)C(C)(C)C)N(c1nc(NC(C)(C)CC(C)(C)C)nc(C(C)(C)C)n1)C1CC(C)(C)NC(C)(C)C1. The summed E-state index contributed by atoms with van der Waals surface area (Å²) in [7, 11) is 0. The largest absolute Gasteiger partial charge is 0.349 e. The molecule has 3 N–H and O–H groups in total. The Kier molecular flexibility index (Phi) is 12.0. The summed E-state index contributed by atoms with van der Waals surface area (Å²) >= 11 is 0. The van der Waals surface area contributed by atoms with Gasteiger partial charge in [0.15, 0.2) is 0 Å². The Labute approximate surface area is 316 Å². The van der Waals surface area contributed by atoms with Gasteiger partial charge in [-0.05, 0) is 155 Å². The van der Waals surface area contributed by atoms with Gasteiger partial charge in [0.25, 0.3) is 0 Å². The van der Waals surface area contributed by atoms with Crippen molar-refractivity contribution in [3.63, 3.8) is 0 Å². The van der Waals surface area contributed by atoms with Crippen molar-refractivity contribution < 1.29 is 0 Å². The van der Waals surface area contributed by atoms with E-state index in [0.717, 1.165) is 50.3 Å². The Bertz CT molecular complexity index is 1300. The van der Waals surface area contributed by atoms with Gasteiger partial charge in [0.2, 0.25) is 11.9 Å². The molecule has 2 aliphatic heterocycles. The van der Waals surface area contributed by atoms with Crippen molar-refractivity contribution in [1.82, 2.24) is 30.5 Å². The zero-order valence-electron chi connectivity index (χ0n) is 37.7. The first kappa shape index (κ1) is 43.9. The van der Waals surface area contributed by atoms with E-state index in [4.69, 9.17) is 15.0 Å². The lowest BCUT2D eigenvalue weighted by atomic mass is 9.75. The maximum Gasteiger partial charge on any atom is 0.230 e. The monoisotopic (exact) mass is 713 g/mol. The van der Waals surface area contributed by atoms with Crippen LogP contribution in [0.3, 0.4) is 0 Å². The third-order valence-electron chi connectivity index (χ3n) is 10.7. The van der Waals surface area contributed by atoms with E-state index in [0.29, 0.717) is 12.0 Å². The summed E-state index contributed by atoms with van der Waals surface area (Å²) in [6.45, 7) is 51.6. The molecule has 1 aromatic rings. The molecule has 1 atom stereocenters. The van der Waals surface area contributed by atoms with Crippen LogP contribution in [0.5, 0.6) is 0 Å². The first-order chi connectivity index (χ1) is 22.4. The molecule has 0 aromatic carbocycles. The van der Waals surface area contributed by atoms with Crippen LogP contribution in [0.25, 0.3) is 0 Å². The Balaban J connectivity index is 2.20. The molecule has 0 bridgehead atoms. The quantitative estimate of drug-likeness (QED) is 0.221. The maximum atomic E-state index is 5.37. The van der Waals surface area contributed by atoms with Gasteiger partial charge in [-0.2, -0.15) is 15.0 Å². The lowest BCUT2D eigenvalue weighted by Crippen LogP contribution is -2.68. The molecule has 0 aliphatic carbocycles. The second-order valence-corrected chi connectivity index (χ2v) is 24.0. The minimum atomic E-state index is -0.235. The molecule has 0 radical (unpaired) electrons. The van der Waals surface area contributed by atoms with Gasteiger partial charge in [-0.15, -0.1) is 0 Å². The van der Waals surface area contributed by atoms with Crippen LogP contribution in [0.1, 0.15) is 197 Å². The van der Waals surface area contributed by atoms with E-state index < -0.39 is 0 Å². The smallest absolute Gasteiger partial charge is 0.230 e. The molecule has 2 fully saturated rings. The standard InChI is InChI=1S/C43H84N8/c1-29(23-43(21,22)51(37(8,9)10)31-26-40(15,16)49-41(17,18)27-31)50(30-24-38(11,12)48-39(13,14)25-30)34-45-32(36(5,6)7)44-33(46-34)47-42(19,20)28-35(2,3)4/h29-31,48-49H,23-28H2,1-22H3,(H,44,45,46,47). The van der Waals surface area contributed by atoms with Crippen molar-refractivity contribution in [2.75, 3.05) is 10.2 Å². The van der Waals surface area contributed by atoms with Crippen molar-refractivity contribution in [1.29, 1.82) is 0 Å². The van der Waals surface area contributed by atoms with Crippen molar-refractivity contribution in [2.24, 2.45) is 5.41 Å². The van der Waals surface area contributed by atoms with Crippen LogP contribution in [0.15, 0.2) is 0 Å². The molecule has 0 saturated carbocycles. The van der Waals surface area contributed by atoms with Crippen LogP contribution in [0.4, 0.5) is 11.9 Å². The number of anilines is 2. The van der Waals surface area contributed by atoms with Gasteiger partial charge >= 0.3 is 0 Å². The van der Waals surface area contributed by atoms with Gasteiger partial charge in [-0.25, -0.2) is 0 Å². The number of nitrogens with zero attached hydrogens (tertiary/aromatic N) is 5. The zero-order valence-corrected chi connectivity index (χ0v) is 37.7. The van der Waals surface area contributed by atoms with Crippen molar-refractivity contribution in [3.8, 4) is 0 Å². The molecule has 8 heteroatoms. The highest BCUT2D eigenvalue weighted by Gasteiger charge is 2.49. The number of piperidine rings is 2. The molecule has 3 rings (SSSR count). The highest BCUT2D eigenvalue weighted by molar-refractivity contribution is 5.42. The normalized spacial score (nSPS) is 22.6. The minimum absolute atomic E-state index is 0.0107. The highest BCUT2D eigenvalue weighted by atomic mass is 15.4. The van der Waals surface area contributed by atoms with Crippen LogP contribution >= 0.6 is 0 Å². The van der Waals surface area contributed by atoms with Crippen LogP contribution < -0.4 is 20.9 Å². The van der Waals surface area contributed by atoms with E-state index in [1.54, 1.807) is 0 Å². The minimum Gasteiger partial charge on any atom is -0.349 e. The zero-order chi connectivity index (χ0) is 39.6. The number of hydrogen-bond acceptors (Lipinski definition) is 8.